The number of halogens is 1. The molecule has 0 aromatic heterocycles. The topological polar surface area (TPSA) is 48.6 Å². The van der Waals surface area contributed by atoms with Gasteiger partial charge in [0.25, 0.3) is 0 Å². The Kier molecular flexibility index (Phi) is 4.26. The van der Waals surface area contributed by atoms with Crippen LogP contribution in [0, 0.1) is 11.2 Å². The Labute approximate surface area is 124 Å². The number of rotatable bonds is 3. The third kappa shape index (κ3) is 3.05. The summed E-state index contributed by atoms with van der Waals surface area (Å²) in [6, 6.07) is 14.5. The lowest BCUT2D eigenvalue weighted by molar-refractivity contribution is 0.618. The van der Waals surface area contributed by atoms with E-state index in [1.54, 1.807) is 6.07 Å². The van der Waals surface area contributed by atoms with E-state index in [1.807, 2.05) is 50.2 Å². The van der Waals surface area contributed by atoms with Gasteiger partial charge in [-0.05, 0) is 31.0 Å². The van der Waals surface area contributed by atoms with Gasteiger partial charge in [-0.2, -0.15) is 5.11 Å². The Balaban J connectivity index is 2.42. The van der Waals surface area contributed by atoms with E-state index in [9.17, 15) is 4.39 Å². The highest BCUT2D eigenvalue weighted by atomic mass is 19.1. The summed E-state index contributed by atoms with van der Waals surface area (Å²) in [7, 11) is 1.52. The molecule has 3 nitrogen and oxygen atoms in total. The summed E-state index contributed by atoms with van der Waals surface area (Å²) in [4.78, 5) is 0. The van der Waals surface area contributed by atoms with Crippen molar-refractivity contribution in [3.8, 4) is 11.1 Å². The SMILES string of the molecule is CN=NC(=N)C(C)(C)c1ccc(-c2ccccc2)c(F)c1. The molecule has 0 amide bonds. The largest absolute Gasteiger partial charge is 0.284 e. The Morgan fingerprint density at radius 2 is 1.76 bits per heavy atom. The third-order valence-electron chi connectivity index (χ3n) is 3.57. The first-order valence-electron chi connectivity index (χ1n) is 6.71. The number of amidine groups is 1. The maximum Gasteiger partial charge on any atom is 0.153 e. The van der Waals surface area contributed by atoms with Crippen LogP contribution in [0.1, 0.15) is 19.4 Å². The maximum absolute atomic E-state index is 14.4. The highest BCUT2D eigenvalue weighted by molar-refractivity contribution is 5.90. The van der Waals surface area contributed by atoms with Gasteiger partial charge in [-0.25, -0.2) is 4.39 Å². The van der Waals surface area contributed by atoms with E-state index in [0.717, 1.165) is 5.56 Å². The van der Waals surface area contributed by atoms with Crippen molar-refractivity contribution < 1.29 is 4.39 Å². The highest BCUT2D eigenvalue weighted by Crippen LogP contribution is 2.30. The van der Waals surface area contributed by atoms with Crippen LogP contribution < -0.4 is 0 Å². The molecule has 0 radical (unpaired) electrons. The summed E-state index contributed by atoms with van der Waals surface area (Å²) in [6.07, 6.45) is 0. The third-order valence-corrected chi connectivity index (χ3v) is 3.57. The van der Waals surface area contributed by atoms with E-state index in [1.165, 1.54) is 13.1 Å². The zero-order valence-corrected chi connectivity index (χ0v) is 12.4. The van der Waals surface area contributed by atoms with Gasteiger partial charge in [-0.15, -0.1) is 5.11 Å². The lowest BCUT2D eigenvalue weighted by atomic mass is 9.82. The number of nitrogens with one attached hydrogen (secondary N) is 1. The molecule has 0 fully saturated rings. The second kappa shape index (κ2) is 5.95. The summed E-state index contributed by atoms with van der Waals surface area (Å²) in [5.74, 6) is -0.190. The van der Waals surface area contributed by atoms with Crippen molar-refractivity contribution in [1.82, 2.24) is 0 Å². The average Bonchev–Trinajstić information content (AvgIpc) is 2.48. The molecule has 2 aromatic carbocycles. The van der Waals surface area contributed by atoms with Crippen LogP contribution in [0.15, 0.2) is 58.8 Å². The van der Waals surface area contributed by atoms with Crippen LogP contribution >= 0.6 is 0 Å². The minimum atomic E-state index is -0.685. The molecule has 21 heavy (non-hydrogen) atoms. The van der Waals surface area contributed by atoms with E-state index in [2.05, 4.69) is 10.2 Å². The maximum atomic E-state index is 14.4. The zero-order valence-electron chi connectivity index (χ0n) is 12.4. The van der Waals surface area contributed by atoms with Gasteiger partial charge >= 0.3 is 0 Å². The van der Waals surface area contributed by atoms with Crippen molar-refractivity contribution >= 4 is 5.84 Å². The molecule has 1 N–H and O–H groups in total. The molecule has 0 saturated heterocycles. The number of hydrogen-bond acceptors (Lipinski definition) is 2. The number of nitrogens with zero attached hydrogens (tertiary/aromatic N) is 2. The van der Waals surface area contributed by atoms with E-state index in [4.69, 9.17) is 5.41 Å². The van der Waals surface area contributed by atoms with Crippen LogP contribution in [0.3, 0.4) is 0 Å². The molecule has 0 atom stereocenters. The first kappa shape index (κ1) is 15.0. The molecular formula is C17H18FN3. The smallest absolute Gasteiger partial charge is 0.153 e. The average molecular weight is 283 g/mol. The number of hydrogen-bond donors (Lipinski definition) is 1. The molecule has 108 valence electrons. The Morgan fingerprint density at radius 3 is 2.33 bits per heavy atom. The monoisotopic (exact) mass is 283 g/mol. The van der Waals surface area contributed by atoms with Crippen LogP contribution in [0.4, 0.5) is 4.39 Å². The second-order valence-electron chi connectivity index (χ2n) is 5.33. The first-order chi connectivity index (χ1) is 9.96. The summed E-state index contributed by atoms with van der Waals surface area (Å²) in [5.41, 5.74) is 1.41. The fraction of sp³-hybridized carbons (Fsp3) is 0.235. The van der Waals surface area contributed by atoms with Gasteiger partial charge in [0.1, 0.15) is 5.82 Å². The lowest BCUT2D eigenvalue weighted by Gasteiger charge is -2.23. The molecule has 2 rings (SSSR count). The standard InChI is InChI=1S/C17H18FN3/c1-17(2,16(19)21-20-3)13-9-10-14(15(18)11-13)12-7-5-4-6-8-12/h4-11,19H,1-3H3. The van der Waals surface area contributed by atoms with Crippen molar-refractivity contribution in [3.63, 3.8) is 0 Å². The van der Waals surface area contributed by atoms with Crippen LogP contribution in [0.2, 0.25) is 0 Å². The van der Waals surface area contributed by atoms with Crippen LogP contribution in [-0.4, -0.2) is 12.9 Å². The van der Waals surface area contributed by atoms with Crippen LogP contribution in [-0.2, 0) is 5.41 Å². The summed E-state index contributed by atoms with van der Waals surface area (Å²) in [6.45, 7) is 3.67. The first-order valence-corrected chi connectivity index (χ1v) is 6.71. The van der Waals surface area contributed by atoms with Crippen molar-refractivity contribution in [2.75, 3.05) is 7.05 Å². The van der Waals surface area contributed by atoms with E-state index < -0.39 is 5.41 Å². The Bertz CT molecular complexity index is 676. The molecule has 0 bridgehead atoms. The summed E-state index contributed by atoms with van der Waals surface area (Å²) in [5, 5.41) is 15.3. The van der Waals surface area contributed by atoms with Crippen molar-refractivity contribution in [1.29, 1.82) is 5.41 Å². The molecule has 0 aliphatic carbocycles. The van der Waals surface area contributed by atoms with E-state index >= 15 is 0 Å². The van der Waals surface area contributed by atoms with Gasteiger partial charge in [-0.1, -0.05) is 42.5 Å². The van der Waals surface area contributed by atoms with Gasteiger partial charge in [0.05, 0.1) is 5.41 Å². The fourth-order valence-corrected chi connectivity index (χ4v) is 2.12. The van der Waals surface area contributed by atoms with Crippen LogP contribution in [0.5, 0.6) is 0 Å². The lowest BCUT2D eigenvalue weighted by Crippen LogP contribution is -2.26. The van der Waals surface area contributed by atoms with Gasteiger partial charge in [0, 0.05) is 12.6 Å². The minimum absolute atomic E-state index is 0.108. The summed E-state index contributed by atoms with van der Waals surface area (Å²) >= 11 is 0. The summed E-state index contributed by atoms with van der Waals surface area (Å²) < 4.78 is 14.4. The molecule has 2 aromatic rings. The van der Waals surface area contributed by atoms with Gasteiger partial charge in [0.15, 0.2) is 5.84 Å². The highest BCUT2D eigenvalue weighted by Gasteiger charge is 2.27. The molecule has 0 aliphatic heterocycles. The fourth-order valence-electron chi connectivity index (χ4n) is 2.12. The van der Waals surface area contributed by atoms with Gasteiger partial charge < -0.3 is 0 Å². The molecule has 0 spiro atoms. The quantitative estimate of drug-likeness (QED) is 0.476. The molecule has 0 saturated carbocycles. The Hall–Kier alpha value is -2.36. The predicted molar refractivity (Wildman–Crippen MR) is 83.4 cm³/mol. The molecule has 0 heterocycles. The van der Waals surface area contributed by atoms with E-state index in [-0.39, 0.29) is 11.7 Å². The van der Waals surface area contributed by atoms with Gasteiger partial charge in [-0.3, -0.25) is 5.41 Å². The van der Waals surface area contributed by atoms with Crippen molar-refractivity contribution in [2.24, 2.45) is 10.2 Å². The van der Waals surface area contributed by atoms with Gasteiger partial charge in [0.2, 0.25) is 0 Å². The number of benzene rings is 2. The Morgan fingerprint density at radius 1 is 1.10 bits per heavy atom. The predicted octanol–water partition coefficient (Wildman–Crippen LogP) is 4.83. The molecule has 4 heteroatoms. The van der Waals surface area contributed by atoms with Crippen LogP contribution in [0.25, 0.3) is 11.1 Å². The zero-order chi connectivity index (χ0) is 15.5. The normalized spacial score (nSPS) is 11.8. The second-order valence-corrected chi connectivity index (χ2v) is 5.33. The minimum Gasteiger partial charge on any atom is -0.284 e. The molecule has 0 unspecified atom stereocenters. The van der Waals surface area contributed by atoms with Crippen molar-refractivity contribution in [2.45, 2.75) is 19.3 Å². The van der Waals surface area contributed by atoms with E-state index in [0.29, 0.717) is 11.1 Å². The number of azo groups is 1. The van der Waals surface area contributed by atoms with Crippen molar-refractivity contribution in [3.05, 3.63) is 59.9 Å². The molecule has 0 aliphatic rings. The molecular weight excluding hydrogens is 265 g/mol.